The van der Waals surface area contributed by atoms with Crippen molar-refractivity contribution in [2.24, 2.45) is 11.8 Å². The van der Waals surface area contributed by atoms with E-state index in [1.165, 1.54) is 30.6 Å². The van der Waals surface area contributed by atoms with Gasteiger partial charge in [-0.15, -0.1) is 10.2 Å². The van der Waals surface area contributed by atoms with E-state index in [2.05, 4.69) is 39.2 Å². The van der Waals surface area contributed by atoms with Gasteiger partial charge in [-0.1, -0.05) is 55.6 Å². The summed E-state index contributed by atoms with van der Waals surface area (Å²) in [6.07, 6.45) is 0.731. The number of carbonyl (C=O) groups excluding carboxylic acids is 2. The molecule has 2 aliphatic heterocycles. The third-order valence-corrected chi connectivity index (χ3v) is 8.37. The van der Waals surface area contributed by atoms with Gasteiger partial charge in [0.15, 0.2) is 11.0 Å². The molecule has 188 valence electrons. The maximum Gasteiger partial charge on any atom is 0.344 e. The second kappa shape index (κ2) is 11.5. The lowest BCUT2D eigenvalue weighted by molar-refractivity contribution is -0.135. The van der Waals surface area contributed by atoms with Crippen molar-refractivity contribution < 1.29 is 19.1 Å². The average molecular weight is 518 g/mol. The Morgan fingerprint density at radius 1 is 1.26 bits per heavy atom. The predicted molar refractivity (Wildman–Crippen MR) is 136 cm³/mol. The van der Waals surface area contributed by atoms with E-state index in [9.17, 15) is 9.59 Å². The zero-order valence-corrected chi connectivity index (χ0v) is 21.9. The number of amides is 1. The summed E-state index contributed by atoms with van der Waals surface area (Å²) in [5.74, 6) is 1.80. The standard InChI is InChI=1S/C24H31N5O4S2/c1-14(2)10-11-29-18(12-33-16-8-6-5-7-9-16)27-28-24(29)34-13-17-25-21(30)19-15(3)20(23(31)32-4)35-22(19)26-17/h5-9,14,17,19,22,26H,10-13H2,1-4H3,(H,25,30). The molecule has 2 aromatic rings. The van der Waals surface area contributed by atoms with Crippen molar-refractivity contribution >= 4 is 35.4 Å². The Morgan fingerprint density at radius 3 is 2.74 bits per heavy atom. The summed E-state index contributed by atoms with van der Waals surface area (Å²) >= 11 is 2.90. The highest BCUT2D eigenvalue weighted by Crippen LogP contribution is 2.43. The molecule has 3 unspecified atom stereocenters. The molecule has 1 fully saturated rings. The molecule has 1 aromatic heterocycles. The van der Waals surface area contributed by atoms with E-state index in [1.54, 1.807) is 0 Å². The highest BCUT2D eigenvalue weighted by molar-refractivity contribution is 8.04. The summed E-state index contributed by atoms with van der Waals surface area (Å²) in [7, 11) is 1.35. The molecule has 9 nitrogen and oxygen atoms in total. The van der Waals surface area contributed by atoms with Crippen molar-refractivity contribution in [2.45, 2.75) is 57.0 Å². The van der Waals surface area contributed by atoms with Gasteiger partial charge in [0.05, 0.1) is 29.5 Å². The van der Waals surface area contributed by atoms with Crippen LogP contribution in [0.1, 0.15) is 33.0 Å². The van der Waals surface area contributed by atoms with Crippen LogP contribution in [-0.2, 0) is 27.5 Å². The number of carbonyl (C=O) groups is 2. The number of benzene rings is 1. The first-order valence-electron chi connectivity index (χ1n) is 11.6. The van der Waals surface area contributed by atoms with Crippen molar-refractivity contribution in [3.8, 4) is 5.75 Å². The number of hydrogen-bond donors (Lipinski definition) is 2. The van der Waals surface area contributed by atoms with Crippen LogP contribution < -0.4 is 15.4 Å². The fourth-order valence-corrected chi connectivity index (χ4v) is 6.37. The molecule has 3 atom stereocenters. The number of hydrogen-bond acceptors (Lipinski definition) is 9. The molecule has 35 heavy (non-hydrogen) atoms. The number of esters is 1. The highest BCUT2D eigenvalue weighted by Gasteiger charge is 2.45. The first-order chi connectivity index (χ1) is 16.9. The molecule has 3 heterocycles. The second-order valence-electron chi connectivity index (χ2n) is 8.89. The van der Waals surface area contributed by atoms with E-state index in [0.29, 0.717) is 23.2 Å². The highest BCUT2D eigenvalue weighted by atomic mass is 32.2. The molecule has 0 bridgehead atoms. The number of ether oxygens (including phenoxy) is 2. The Kier molecular flexibility index (Phi) is 8.40. The Hall–Kier alpha value is -2.50. The fraction of sp³-hybridized carbons (Fsp3) is 0.500. The van der Waals surface area contributed by atoms with Gasteiger partial charge in [-0.25, -0.2) is 4.79 Å². The van der Waals surface area contributed by atoms with Crippen LogP contribution in [0.15, 0.2) is 46.0 Å². The Balaban J connectivity index is 1.40. The molecule has 0 radical (unpaired) electrons. The molecule has 1 saturated heterocycles. The van der Waals surface area contributed by atoms with Crippen LogP contribution in [-0.4, -0.2) is 51.0 Å². The lowest BCUT2D eigenvalue weighted by atomic mass is 9.97. The minimum absolute atomic E-state index is 0.0820. The third-order valence-electron chi connectivity index (χ3n) is 5.92. The smallest absolute Gasteiger partial charge is 0.344 e. The molecule has 0 spiro atoms. The normalized spacial score (nSPS) is 21.7. The number of nitrogens with zero attached hydrogens (tertiary/aromatic N) is 3. The van der Waals surface area contributed by atoms with Gasteiger partial charge in [-0.05, 0) is 37.0 Å². The van der Waals surface area contributed by atoms with Gasteiger partial charge in [0.1, 0.15) is 12.4 Å². The first kappa shape index (κ1) is 25.6. The maximum absolute atomic E-state index is 12.8. The van der Waals surface area contributed by atoms with Crippen molar-refractivity contribution in [2.75, 3.05) is 12.9 Å². The zero-order chi connectivity index (χ0) is 24.9. The molecule has 2 N–H and O–H groups in total. The number of fused-ring (bicyclic) bond motifs is 1. The average Bonchev–Trinajstić information content (AvgIpc) is 3.40. The topological polar surface area (TPSA) is 107 Å². The summed E-state index contributed by atoms with van der Waals surface area (Å²) in [5.41, 5.74) is 0.749. The monoisotopic (exact) mass is 517 g/mol. The lowest BCUT2D eigenvalue weighted by Gasteiger charge is -2.33. The largest absolute Gasteiger partial charge is 0.486 e. The third kappa shape index (κ3) is 6.02. The van der Waals surface area contributed by atoms with E-state index in [4.69, 9.17) is 9.47 Å². The second-order valence-corrected chi connectivity index (χ2v) is 11.0. The molecule has 0 saturated carbocycles. The van der Waals surface area contributed by atoms with Crippen LogP contribution in [0.25, 0.3) is 0 Å². The van der Waals surface area contributed by atoms with Crippen LogP contribution in [0.5, 0.6) is 5.75 Å². The van der Waals surface area contributed by atoms with Crippen LogP contribution >= 0.6 is 23.5 Å². The van der Waals surface area contributed by atoms with Gasteiger partial charge in [-0.2, -0.15) is 0 Å². The number of thioether (sulfide) groups is 2. The quantitative estimate of drug-likeness (QED) is 0.363. The van der Waals surface area contributed by atoms with E-state index >= 15 is 0 Å². The maximum atomic E-state index is 12.8. The summed E-state index contributed by atoms with van der Waals surface area (Å²) in [5, 5.41) is 15.9. The lowest BCUT2D eigenvalue weighted by Crippen LogP contribution is -2.60. The Bertz CT molecular complexity index is 1090. The van der Waals surface area contributed by atoms with Crippen LogP contribution in [0.2, 0.25) is 0 Å². The molecular formula is C24H31N5O4S2. The van der Waals surface area contributed by atoms with Gasteiger partial charge in [0.2, 0.25) is 5.91 Å². The zero-order valence-electron chi connectivity index (χ0n) is 20.3. The fourth-order valence-electron chi connectivity index (χ4n) is 3.98. The van der Waals surface area contributed by atoms with Gasteiger partial charge in [-0.3, -0.25) is 10.1 Å². The van der Waals surface area contributed by atoms with E-state index in [0.717, 1.165) is 35.3 Å². The summed E-state index contributed by atoms with van der Waals surface area (Å²) < 4.78 is 12.9. The van der Waals surface area contributed by atoms with Crippen molar-refractivity contribution in [3.63, 3.8) is 0 Å². The molecular weight excluding hydrogens is 486 g/mol. The van der Waals surface area contributed by atoms with Gasteiger partial charge >= 0.3 is 5.97 Å². The van der Waals surface area contributed by atoms with Crippen molar-refractivity contribution in [3.05, 3.63) is 46.6 Å². The van der Waals surface area contributed by atoms with Crippen molar-refractivity contribution in [1.29, 1.82) is 0 Å². The molecule has 1 aromatic carbocycles. The van der Waals surface area contributed by atoms with E-state index in [-0.39, 0.29) is 23.4 Å². The molecule has 0 aliphatic carbocycles. The number of rotatable bonds is 10. The molecule has 1 amide bonds. The Morgan fingerprint density at radius 2 is 2.03 bits per heavy atom. The van der Waals surface area contributed by atoms with Gasteiger partial charge < -0.3 is 19.4 Å². The number of aromatic nitrogens is 3. The minimum Gasteiger partial charge on any atom is -0.486 e. The number of methoxy groups -OCH3 is 1. The minimum atomic E-state index is -0.397. The van der Waals surface area contributed by atoms with E-state index in [1.807, 2.05) is 37.3 Å². The molecule has 4 rings (SSSR count). The van der Waals surface area contributed by atoms with Gasteiger partial charge in [0.25, 0.3) is 0 Å². The molecule has 2 aliphatic rings. The Labute approximate surface area is 213 Å². The summed E-state index contributed by atoms with van der Waals surface area (Å²) in [6, 6.07) is 9.65. The SMILES string of the molecule is COC(=O)C1=C(C)C2C(=O)NC(CSc3nnc(COc4ccccc4)n3CCC(C)C)NC2S1. The van der Waals surface area contributed by atoms with Crippen LogP contribution in [0.3, 0.4) is 0 Å². The van der Waals surface area contributed by atoms with Crippen LogP contribution in [0, 0.1) is 11.8 Å². The van der Waals surface area contributed by atoms with Crippen LogP contribution in [0.4, 0.5) is 0 Å². The molecule has 11 heteroatoms. The number of nitrogens with one attached hydrogen (secondary N) is 2. The van der Waals surface area contributed by atoms with Crippen molar-refractivity contribution in [1.82, 2.24) is 25.4 Å². The van der Waals surface area contributed by atoms with Gasteiger partial charge in [0, 0.05) is 12.3 Å². The summed E-state index contributed by atoms with van der Waals surface area (Å²) in [6.45, 7) is 7.31. The number of para-hydroxylation sites is 1. The predicted octanol–water partition coefficient (Wildman–Crippen LogP) is 3.18. The first-order valence-corrected chi connectivity index (χ1v) is 13.5. The summed E-state index contributed by atoms with van der Waals surface area (Å²) in [4.78, 5) is 25.4. The van der Waals surface area contributed by atoms with E-state index < -0.39 is 5.97 Å².